The van der Waals surface area contributed by atoms with Crippen molar-refractivity contribution in [1.29, 1.82) is 0 Å². The third-order valence-corrected chi connectivity index (χ3v) is 4.29. The van der Waals surface area contributed by atoms with Crippen LogP contribution in [0.25, 0.3) is 11.1 Å². The lowest BCUT2D eigenvalue weighted by molar-refractivity contribution is 0.140. The van der Waals surface area contributed by atoms with E-state index >= 15 is 0 Å². The van der Waals surface area contributed by atoms with E-state index in [1.807, 2.05) is 30.3 Å². The molecule has 2 atom stereocenters. The van der Waals surface area contributed by atoms with E-state index in [0.29, 0.717) is 5.56 Å². The van der Waals surface area contributed by atoms with Crippen LogP contribution in [0, 0.1) is 0 Å². The SMILES string of the molecule is O=c1cc([C@@H]2C[C@H]2c2ccccc2)c2c(=O)[nH]c(C(F)F)nc2o1. The number of hydrogen-bond donors (Lipinski definition) is 1. The van der Waals surface area contributed by atoms with Crippen LogP contribution in [0.1, 0.15) is 41.6 Å². The molecule has 0 aliphatic heterocycles. The average molecular weight is 330 g/mol. The minimum atomic E-state index is -2.95. The van der Waals surface area contributed by atoms with Gasteiger partial charge < -0.3 is 9.40 Å². The van der Waals surface area contributed by atoms with Gasteiger partial charge in [0.2, 0.25) is 5.71 Å². The Hall–Kier alpha value is -2.83. The zero-order valence-electron chi connectivity index (χ0n) is 12.3. The Morgan fingerprint density at radius 2 is 1.92 bits per heavy atom. The number of hydrogen-bond acceptors (Lipinski definition) is 4. The van der Waals surface area contributed by atoms with Gasteiger partial charge in [0.25, 0.3) is 12.0 Å². The molecule has 1 aromatic carbocycles. The first-order chi connectivity index (χ1) is 11.5. The number of aromatic nitrogens is 2. The standard InChI is InChI=1S/C17H12F2N2O3/c18-14(19)15-20-16(23)13-11(7-12(22)24-17(13)21-15)10-6-9(10)8-4-2-1-3-5-8/h1-5,7,9-10,14H,6H2,(H,20,21,23)/t9-,10+/m0/s1. The largest absolute Gasteiger partial charge is 0.403 e. The highest BCUT2D eigenvalue weighted by atomic mass is 19.3. The highest BCUT2D eigenvalue weighted by Crippen LogP contribution is 2.55. The molecular formula is C17H12F2N2O3. The highest BCUT2D eigenvalue weighted by Gasteiger charge is 2.41. The van der Waals surface area contributed by atoms with Crippen molar-refractivity contribution in [3.63, 3.8) is 0 Å². The summed E-state index contributed by atoms with van der Waals surface area (Å²) in [6, 6.07) is 11.0. The number of H-pyrrole nitrogens is 1. The van der Waals surface area contributed by atoms with Crippen molar-refractivity contribution in [1.82, 2.24) is 9.97 Å². The zero-order valence-corrected chi connectivity index (χ0v) is 12.3. The third kappa shape index (κ3) is 2.42. The summed E-state index contributed by atoms with van der Waals surface area (Å²) in [7, 11) is 0. The predicted octanol–water partition coefficient (Wildman–Crippen LogP) is 3.09. The second kappa shape index (κ2) is 5.36. The number of aromatic amines is 1. The van der Waals surface area contributed by atoms with Crippen molar-refractivity contribution in [2.45, 2.75) is 24.7 Å². The maximum Gasteiger partial charge on any atom is 0.337 e. The van der Waals surface area contributed by atoms with Crippen LogP contribution in [0.2, 0.25) is 0 Å². The van der Waals surface area contributed by atoms with Gasteiger partial charge in [-0.2, -0.15) is 4.98 Å². The molecule has 0 unspecified atom stereocenters. The van der Waals surface area contributed by atoms with Gasteiger partial charge in [-0.1, -0.05) is 30.3 Å². The van der Waals surface area contributed by atoms with E-state index in [1.165, 1.54) is 6.07 Å². The third-order valence-electron chi connectivity index (χ3n) is 4.29. The Morgan fingerprint density at radius 1 is 1.17 bits per heavy atom. The fourth-order valence-corrected chi connectivity index (χ4v) is 3.12. The van der Waals surface area contributed by atoms with Crippen molar-refractivity contribution >= 4 is 11.1 Å². The van der Waals surface area contributed by atoms with E-state index in [4.69, 9.17) is 4.42 Å². The van der Waals surface area contributed by atoms with Crippen LogP contribution >= 0.6 is 0 Å². The average Bonchev–Trinajstić information content (AvgIpc) is 3.35. The number of alkyl halides is 2. The normalized spacial score (nSPS) is 19.8. The molecule has 1 N–H and O–H groups in total. The van der Waals surface area contributed by atoms with Crippen molar-refractivity contribution in [3.8, 4) is 0 Å². The maximum atomic E-state index is 12.8. The summed E-state index contributed by atoms with van der Waals surface area (Å²) in [5.41, 5.74) is -0.139. The molecule has 3 aromatic rings. The van der Waals surface area contributed by atoms with Crippen molar-refractivity contribution in [3.05, 3.63) is 74.1 Å². The molecule has 1 aliphatic carbocycles. The van der Waals surface area contributed by atoms with E-state index in [-0.39, 0.29) is 22.9 Å². The molecule has 2 heterocycles. The summed E-state index contributed by atoms with van der Waals surface area (Å²) in [6.45, 7) is 0. The van der Waals surface area contributed by atoms with E-state index in [1.54, 1.807) is 0 Å². The van der Waals surface area contributed by atoms with Gasteiger partial charge in [-0.3, -0.25) is 4.79 Å². The fraction of sp³-hybridized carbons (Fsp3) is 0.235. The lowest BCUT2D eigenvalue weighted by atomic mass is 10.0. The summed E-state index contributed by atoms with van der Waals surface area (Å²) in [5.74, 6) is -0.645. The number of nitrogens with one attached hydrogen (secondary N) is 1. The van der Waals surface area contributed by atoms with E-state index in [2.05, 4.69) is 9.97 Å². The van der Waals surface area contributed by atoms with E-state index < -0.39 is 23.4 Å². The Bertz CT molecular complexity index is 1030. The lowest BCUT2D eigenvalue weighted by Crippen LogP contribution is -2.16. The minimum absolute atomic E-state index is 0.0284. The Morgan fingerprint density at radius 3 is 2.62 bits per heavy atom. The van der Waals surface area contributed by atoms with Crippen LogP contribution in [0.4, 0.5) is 8.78 Å². The highest BCUT2D eigenvalue weighted by molar-refractivity contribution is 5.77. The van der Waals surface area contributed by atoms with Crippen LogP contribution in [-0.2, 0) is 0 Å². The molecule has 24 heavy (non-hydrogen) atoms. The van der Waals surface area contributed by atoms with Crippen molar-refractivity contribution in [2.75, 3.05) is 0 Å². The smallest absolute Gasteiger partial charge is 0.337 e. The first-order valence-corrected chi connectivity index (χ1v) is 7.45. The summed E-state index contributed by atoms with van der Waals surface area (Å²) in [6.07, 6.45) is -2.17. The van der Waals surface area contributed by atoms with Gasteiger partial charge in [-0.05, 0) is 29.4 Å². The number of halogens is 2. The van der Waals surface area contributed by atoms with Crippen LogP contribution in [0.3, 0.4) is 0 Å². The van der Waals surface area contributed by atoms with Crippen LogP contribution in [0.15, 0.2) is 50.4 Å². The molecule has 5 nitrogen and oxygen atoms in total. The van der Waals surface area contributed by atoms with Gasteiger partial charge in [0.1, 0.15) is 5.39 Å². The van der Waals surface area contributed by atoms with Crippen LogP contribution in [0.5, 0.6) is 0 Å². The van der Waals surface area contributed by atoms with Crippen molar-refractivity contribution in [2.24, 2.45) is 0 Å². The summed E-state index contributed by atoms with van der Waals surface area (Å²) in [4.78, 5) is 29.6. The summed E-state index contributed by atoms with van der Waals surface area (Å²) in [5, 5.41) is 0.0717. The molecule has 1 saturated carbocycles. The second-order valence-electron chi connectivity index (χ2n) is 5.81. The molecule has 7 heteroatoms. The van der Waals surface area contributed by atoms with Crippen LogP contribution < -0.4 is 11.2 Å². The Balaban J connectivity index is 1.85. The molecule has 1 fully saturated rings. The molecule has 1 aliphatic rings. The summed E-state index contributed by atoms with van der Waals surface area (Å²) < 4.78 is 30.4. The second-order valence-corrected chi connectivity index (χ2v) is 5.81. The lowest BCUT2D eigenvalue weighted by Gasteiger charge is -2.06. The molecule has 122 valence electrons. The van der Waals surface area contributed by atoms with Crippen LogP contribution in [-0.4, -0.2) is 9.97 Å². The number of nitrogens with zero attached hydrogens (tertiary/aromatic N) is 1. The number of rotatable bonds is 3. The van der Waals surface area contributed by atoms with E-state index in [0.717, 1.165) is 12.0 Å². The first-order valence-electron chi connectivity index (χ1n) is 7.45. The molecule has 2 aromatic heterocycles. The molecule has 0 amide bonds. The fourth-order valence-electron chi connectivity index (χ4n) is 3.12. The summed E-state index contributed by atoms with van der Waals surface area (Å²) >= 11 is 0. The van der Waals surface area contributed by atoms with Gasteiger partial charge in [-0.15, -0.1) is 0 Å². The first kappa shape index (κ1) is 14.7. The molecule has 0 radical (unpaired) electrons. The van der Waals surface area contributed by atoms with Crippen molar-refractivity contribution < 1.29 is 13.2 Å². The quantitative estimate of drug-likeness (QED) is 0.801. The van der Waals surface area contributed by atoms with Gasteiger partial charge in [0, 0.05) is 6.07 Å². The van der Waals surface area contributed by atoms with Gasteiger partial charge in [0.15, 0.2) is 5.82 Å². The maximum absolute atomic E-state index is 12.8. The molecule has 0 saturated heterocycles. The van der Waals surface area contributed by atoms with E-state index in [9.17, 15) is 18.4 Å². The van der Waals surface area contributed by atoms with Gasteiger partial charge in [0.05, 0.1) is 0 Å². The molecular weight excluding hydrogens is 318 g/mol. The monoisotopic (exact) mass is 330 g/mol. The topological polar surface area (TPSA) is 76.0 Å². The molecule has 0 spiro atoms. The Labute approximate surface area is 134 Å². The Kier molecular flexibility index (Phi) is 3.30. The molecule has 0 bridgehead atoms. The number of fused-ring (bicyclic) bond motifs is 1. The van der Waals surface area contributed by atoms with Gasteiger partial charge >= 0.3 is 5.63 Å². The molecule has 4 rings (SSSR count). The zero-order chi connectivity index (χ0) is 16.8. The minimum Gasteiger partial charge on any atom is -0.403 e. The number of benzene rings is 1. The predicted molar refractivity (Wildman–Crippen MR) is 82.4 cm³/mol. The van der Waals surface area contributed by atoms with Gasteiger partial charge in [-0.25, -0.2) is 13.6 Å².